The molecule has 2 aromatic carbocycles. The topological polar surface area (TPSA) is 68.9 Å². The Labute approximate surface area is 130 Å². The Balaban J connectivity index is 2.06. The van der Waals surface area contributed by atoms with Crippen LogP contribution in [-0.2, 0) is 0 Å². The molecule has 0 atom stereocenters. The van der Waals surface area contributed by atoms with Crippen LogP contribution in [0.2, 0.25) is 5.02 Å². The number of hydrogen-bond acceptors (Lipinski definition) is 2. The van der Waals surface area contributed by atoms with Crippen molar-refractivity contribution in [3.8, 4) is 17.0 Å². The normalized spacial score (nSPS) is 11.3. The Bertz CT molecular complexity index is 1050. The zero-order valence-corrected chi connectivity index (χ0v) is 12.1. The SMILES string of the molecule is O=c1[nH]c2cc(Cl)ccc2c(O)c1-c1cc2ccccc2[nH]1. The van der Waals surface area contributed by atoms with Gasteiger partial charge in [-0.2, -0.15) is 0 Å². The van der Waals surface area contributed by atoms with Gasteiger partial charge in [0.1, 0.15) is 11.3 Å². The van der Waals surface area contributed by atoms with Crippen LogP contribution in [0.1, 0.15) is 0 Å². The number of hydrogen-bond donors (Lipinski definition) is 3. The monoisotopic (exact) mass is 310 g/mol. The van der Waals surface area contributed by atoms with Crippen molar-refractivity contribution in [3.63, 3.8) is 0 Å². The molecular formula is C17H11ClN2O2. The highest BCUT2D eigenvalue weighted by molar-refractivity contribution is 6.31. The highest BCUT2D eigenvalue weighted by Gasteiger charge is 2.15. The smallest absolute Gasteiger partial charge is 0.261 e. The van der Waals surface area contributed by atoms with Crippen LogP contribution < -0.4 is 5.56 Å². The minimum Gasteiger partial charge on any atom is -0.506 e. The molecule has 0 unspecified atom stereocenters. The predicted molar refractivity (Wildman–Crippen MR) is 88.5 cm³/mol. The molecule has 0 saturated heterocycles. The third kappa shape index (κ3) is 1.89. The van der Waals surface area contributed by atoms with Gasteiger partial charge in [-0.1, -0.05) is 29.8 Å². The Hall–Kier alpha value is -2.72. The molecule has 0 saturated carbocycles. The average molecular weight is 311 g/mol. The molecule has 0 fully saturated rings. The van der Waals surface area contributed by atoms with E-state index >= 15 is 0 Å². The highest BCUT2D eigenvalue weighted by Crippen LogP contribution is 2.33. The third-order valence-corrected chi connectivity index (χ3v) is 3.98. The first kappa shape index (κ1) is 13.0. The second-order valence-corrected chi connectivity index (χ2v) is 5.57. The molecule has 0 radical (unpaired) electrons. The summed E-state index contributed by atoms with van der Waals surface area (Å²) in [5, 5.41) is 12.6. The van der Waals surface area contributed by atoms with E-state index in [1.165, 1.54) is 0 Å². The fourth-order valence-electron chi connectivity index (χ4n) is 2.71. The van der Waals surface area contributed by atoms with E-state index in [-0.39, 0.29) is 16.9 Å². The number of rotatable bonds is 1. The number of H-pyrrole nitrogens is 2. The van der Waals surface area contributed by atoms with Gasteiger partial charge in [-0.25, -0.2) is 0 Å². The summed E-state index contributed by atoms with van der Waals surface area (Å²) < 4.78 is 0. The molecule has 0 aliphatic carbocycles. The molecule has 4 aromatic rings. The summed E-state index contributed by atoms with van der Waals surface area (Å²) in [5.74, 6) is -0.0537. The third-order valence-electron chi connectivity index (χ3n) is 3.75. The Morgan fingerprint density at radius 3 is 2.59 bits per heavy atom. The molecule has 0 aliphatic heterocycles. The number of benzene rings is 2. The lowest BCUT2D eigenvalue weighted by Crippen LogP contribution is -2.09. The number of para-hydroxylation sites is 1. The lowest BCUT2D eigenvalue weighted by molar-refractivity contribution is 0.482. The number of aromatic amines is 2. The fourth-order valence-corrected chi connectivity index (χ4v) is 2.88. The van der Waals surface area contributed by atoms with Crippen molar-refractivity contribution in [1.82, 2.24) is 9.97 Å². The van der Waals surface area contributed by atoms with Gasteiger partial charge in [0.2, 0.25) is 0 Å². The van der Waals surface area contributed by atoms with Gasteiger partial charge in [0.25, 0.3) is 5.56 Å². The van der Waals surface area contributed by atoms with Crippen molar-refractivity contribution in [2.24, 2.45) is 0 Å². The number of pyridine rings is 1. The molecule has 2 heterocycles. The summed E-state index contributed by atoms with van der Waals surface area (Å²) in [6.07, 6.45) is 0. The van der Waals surface area contributed by atoms with Crippen molar-refractivity contribution in [2.45, 2.75) is 0 Å². The summed E-state index contributed by atoms with van der Waals surface area (Å²) >= 11 is 5.92. The predicted octanol–water partition coefficient (Wildman–Crippen LogP) is 4.04. The van der Waals surface area contributed by atoms with Gasteiger partial charge in [0.15, 0.2) is 0 Å². The number of aromatic nitrogens is 2. The van der Waals surface area contributed by atoms with E-state index < -0.39 is 0 Å². The van der Waals surface area contributed by atoms with Crippen LogP contribution >= 0.6 is 11.6 Å². The molecule has 0 amide bonds. The minimum atomic E-state index is -0.362. The average Bonchev–Trinajstić information content (AvgIpc) is 2.90. The van der Waals surface area contributed by atoms with E-state index in [0.29, 0.717) is 21.6 Å². The maximum absolute atomic E-state index is 12.4. The van der Waals surface area contributed by atoms with Crippen LogP contribution in [0.5, 0.6) is 5.75 Å². The van der Waals surface area contributed by atoms with Crippen molar-refractivity contribution in [3.05, 3.63) is 63.9 Å². The Morgan fingerprint density at radius 2 is 1.77 bits per heavy atom. The van der Waals surface area contributed by atoms with E-state index in [1.807, 2.05) is 30.3 Å². The second kappa shape index (κ2) is 4.64. The van der Waals surface area contributed by atoms with E-state index in [2.05, 4.69) is 9.97 Å². The zero-order valence-electron chi connectivity index (χ0n) is 11.4. The largest absolute Gasteiger partial charge is 0.506 e. The van der Waals surface area contributed by atoms with Crippen molar-refractivity contribution in [2.75, 3.05) is 0 Å². The molecule has 0 spiro atoms. The summed E-state index contributed by atoms with van der Waals surface area (Å²) in [5.41, 5.74) is 1.86. The van der Waals surface area contributed by atoms with E-state index in [9.17, 15) is 9.90 Å². The van der Waals surface area contributed by atoms with Gasteiger partial charge in [-0.3, -0.25) is 4.79 Å². The van der Waals surface area contributed by atoms with Crippen LogP contribution in [0, 0.1) is 0 Å². The summed E-state index contributed by atoms with van der Waals surface area (Å²) in [6.45, 7) is 0. The molecule has 4 nitrogen and oxygen atoms in total. The van der Waals surface area contributed by atoms with Gasteiger partial charge in [-0.05, 0) is 30.3 Å². The van der Waals surface area contributed by atoms with Crippen molar-refractivity contribution < 1.29 is 5.11 Å². The molecule has 3 N–H and O–H groups in total. The Kier molecular flexibility index (Phi) is 2.74. The first-order chi connectivity index (χ1) is 10.6. The first-order valence-corrected chi connectivity index (χ1v) is 7.14. The van der Waals surface area contributed by atoms with E-state index in [4.69, 9.17) is 11.6 Å². The van der Waals surface area contributed by atoms with Gasteiger partial charge in [0, 0.05) is 21.3 Å². The van der Waals surface area contributed by atoms with Gasteiger partial charge >= 0.3 is 0 Å². The van der Waals surface area contributed by atoms with Crippen LogP contribution in [0.25, 0.3) is 33.1 Å². The highest BCUT2D eigenvalue weighted by atomic mass is 35.5. The quantitative estimate of drug-likeness (QED) is 0.496. The number of halogens is 1. The minimum absolute atomic E-state index is 0.0537. The van der Waals surface area contributed by atoms with Gasteiger partial charge < -0.3 is 15.1 Å². The molecule has 5 heteroatoms. The number of fused-ring (bicyclic) bond motifs is 2. The molecule has 0 bridgehead atoms. The molecule has 2 aromatic heterocycles. The maximum atomic E-state index is 12.4. The molecule has 4 rings (SSSR count). The van der Waals surface area contributed by atoms with Gasteiger partial charge in [-0.15, -0.1) is 0 Å². The lowest BCUT2D eigenvalue weighted by atomic mass is 10.1. The fraction of sp³-hybridized carbons (Fsp3) is 0. The van der Waals surface area contributed by atoms with Gasteiger partial charge in [0.05, 0.1) is 11.2 Å². The standard InChI is InChI=1S/C17H11ClN2O2/c18-10-5-6-11-13(8-10)20-17(22)15(16(11)21)14-7-9-3-1-2-4-12(9)19-14/h1-8,19H,(H2,20,21,22). The van der Waals surface area contributed by atoms with Crippen molar-refractivity contribution in [1.29, 1.82) is 0 Å². The maximum Gasteiger partial charge on any atom is 0.261 e. The molecule has 22 heavy (non-hydrogen) atoms. The summed E-state index contributed by atoms with van der Waals surface area (Å²) in [4.78, 5) is 18.3. The summed E-state index contributed by atoms with van der Waals surface area (Å²) in [6, 6.07) is 14.5. The molecule has 0 aliphatic rings. The van der Waals surface area contributed by atoms with Crippen LogP contribution in [0.15, 0.2) is 53.3 Å². The van der Waals surface area contributed by atoms with Crippen LogP contribution in [0.4, 0.5) is 0 Å². The van der Waals surface area contributed by atoms with Crippen molar-refractivity contribution >= 4 is 33.4 Å². The lowest BCUT2D eigenvalue weighted by Gasteiger charge is -2.06. The van der Waals surface area contributed by atoms with Crippen LogP contribution in [-0.4, -0.2) is 15.1 Å². The number of nitrogens with one attached hydrogen (secondary N) is 2. The van der Waals surface area contributed by atoms with E-state index in [0.717, 1.165) is 10.9 Å². The summed E-state index contributed by atoms with van der Waals surface area (Å²) in [7, 11) is 0. The van der Waals surface area contributed by atoms with E-state index in [1.54, 1.807) is 18.2 Å². The first-order valence-electron chi connectivity index (χ1n) is 6.76. The zero-order chi connectivity index (χ0) is 15.3. The molecular weight excluding hydrogens is 300 g/mol. The number of aromatic hydroxyl groups is 1. The second-order valence-electron chi connectivity index (χ2n) is 5.14. The van der Waals surface area contributed by atoms with Crippen LogP contribution in [0.3, 0.4) is 0 Å². The Morgan fingerprint density at radius 1 is 0.955 bits per heavy atom. The molecule has 108 valence electrons.